The Morgan fingerprint density at radius 2 is 1.96 bits per heavy atom. The number of carbonyl (C=O) groups is 1. The van der Waals surface area contributed by atoms with Gasteiger partial charge in [0.15, 0.2) is 11.5 Å². The Morgan fingerprint density at radius 1 is 1.11 bits per heavy atom. The molecule has 2 aliphatic heterocycles. The fourth-order valence-corrected chi connectivity index (χ4v) is 3.76. The number of amides is 1. The van der Waals surface area contributed by atoms with Gasteiger partial charge in [-0.3, -0.25) is 4.79 Å². The van der Waals surface area contributed by atoms with Gasteiger partial charge in [0.1, 0.15) is 5.82 Å². The number of para-hydroxylation sites is 1. The first-order chi connectivity index (χ1) is 13.7. The Balaban J connectivity index is 1.34. The van der Waals surface area contributed by atoms with E-state index in [2.05, 4.69) is 40.3 Å². The van der Waals surface area contributed by atoms with Gasteiger partial charge in [-0.05, 0) is 49.2 Å². The second-order valence-corrected chi connectivity index (χ2v) is 6.98. The van der Waals surface area contributed by atoms with Crippen LogP contribution in [0.5, 0.6) is 11.5 Å². The number of nitrogens with one attached hydrogen (secondary N) is 1. The molecule has 6 nitrogen and oxygen atoms in total. The largest absolute Gasteiger partial charge is 0.454 e. The molecule has 1 amide bonds. The van der Waals surface area contributed by atoms with E-state index in [-0.39, 0.29) is 12.7 Å². The van der Waals surface area contributed by atoms with E-state index in [4.69, 9.17) is 9.47 Å². The Kier molecular flexibility index (Phi) is 3.90. The summed E-state index contributed by atoms with van der Waals surface area (Å²) < 4.78 is 10.6. The molecule has 0 spiro atoms. The van der Waals surface area contributed by atoms with Crippen molar-refractivity contribution < 1.29 is 14.3 Å². The van der Waals surface area contributed by atoms with Crippen LogP contribution in [0.25, 0.3) is 0 Å². The zero-order valence-electron chi connectivity index (χ0n) is 15.4. The van der Waals surface area contributed by atoms with Crippen molar-refractivity contribution in [2.75, 3.05) is 17.0 Å². The van der Waals surface area contributed by atoms with Gasteiger partial charge in [-0.2, -0.15) is 0 Å². The number of anilines is 3. The van der Waals surface area contributed by atoms with Gasteiger partial charge >= 0.3 is 0 Å². The number of hydrogen-bond donors (Lipinski definition) is 1. The first-order valence-electron chi connectivity index (χ1n) is 9.23. The maximum absolute atomic E-state index is 12.6. The van der Waals surface area contributed by atoms with Crippen LogP contribution in [-0.4, -0.2) is 23.7 Å². The Bertz CT molecular complexity index is 1050. The molecule has 2 aromatic carbocycles. The zero-order valence-corrected chi connectivity index (χ0v) is 15.4. The Morgan fingerprint density at radius 3 is 2.82 bits per heavy atom. The van der Waals surface area contributed by atoms with Crippen LogP contribution in [0.15, 0.2) is 60.8 Å². The molecule has 0 bridgehead atoms. The van der Waals surface area contributed by atoms with E-state index in [1.807, 2.05) is 12.1 Å². The molecule has 3 aromatic rings. The van der Waals surface area contributed by atoms with Crippen molar-refractivity contribution in [1.82, 2.24) is 4.98 Å². The van der Waals surface area contributed by atoms with E-state index >= 15 is 0 Å². The molecule has 1 N–H and O–H groups in total. The fraction of sp³-hybridized carbons (Fsp3) is 0.182. The summed E-state index contributed by atoms with van der Waals surface area (Å²) in [6, 6.07) is 17.7. The quantitative estimate of drug-likeness (QED) is 0.747. The second-order valence-electron chi connectivity index (χ2n) is 6.98. The first-order valence-corrected chi connectivity index (χ1v) is 9.23. The van der Waals surface area contributed by atoms with Crippen molar-refractivity contribution in [3.63, 3.8) is 0 Å². The topological polar surface area (TPSA) is 63.7 Å². The molecule has 140 valence electrons. The summed E-state index contributed by atoms with van der Waals surface area (Å²) in [5.74, 6) is 1.95. The van der Waals surface area contributed by atoms with E-state index in [1.54, 1.807) is 30.5 Å². The minimum absolute atomic E-state index is 0.205. The third kappa shape index (κ3) is 2.83. The molecule has 1 aromatic heterocycles. The van der Waals surface area contributed by atoms with Gasteiger partial charge in [0.25, 0.3) is 5.91 Å². The van der Waals surface area contributed by atoms with Gasteiger partial charge in [-0.25, -0.2) is 4.98 Å². The van der Waals surface area contributed by atoms with Crippen LogP contribution in [0.2, 0.25) is 0 Å². The van der Waals surface area contributed by atoms with Crippen molar-refractivity contribution in [1.29, 1.82) is 0 Å². The van der Waals surface area contributed by atoms with Gasteiger partial charge in [-0.1, -0.05) is 18.2 Å². The lowest BCUT2D eigenvalue weighted by molar-refractivity contribution is 0.102. The van der Waals surface area contributed by atoms with E-state index in [0.29, 0.717) is 28.8 Å². The molecule has 5 rings (SSSR count). The fourth-order valence-electron chi connectivity index (χ4n) is 3.76. The van der Waals surface area contributed by atoms with Crippen LogP contribution in [0.1, 0.15) is 22.8 Å². The van der Waals surface area contributed by atoms with Crippen molar-refractivity contribution in [3.05, 3.63) is 71.9 Å². The predicted molar refractivity (Wildman–Crippen MR) is 107 cm³/mol. The molecular weight excluding hydrogens is 354 g/mol. The van der Waals surface area contributed by atoms with E-state index < -0.39 is 0 Å². The van der Waals surface area contributed by atoms with Crippen molar-refractivity contribution >= 4 is 23.1 Å². The highest BCUT2D eigenvalue weighted by atomic mass is 16.7. The lowest BCUT2D eigenvalue weighted by atomic mass is 10.1. The highest BCUT2D eigenvalue weighted by Crippen LogP contribution is 2.37. The molecule has 0 saturated carbocycles. The van der Waals surface area contributed by atoms with Crippen molar-refractivity contribution in [2.45, 2.75) is 19.4 Å². The normalized spacial score (nSPS) is 16.8. The van der Waals surface area contributed by atoms with Crippen molar-refractivity contribution in [2.24, 2.45) is 0 Å². The maximum Gasteiger partial charge on any atom is 0.257 e. The third-order valence-corrected chi connectivity index (χ3v) is 5.09. The number of ether oxygens (including phenoxy) is 2. The minimum Gasteiger partial charge on any atom is -0.454 e. The lowest BCUT2D eigenvalue weighted by Crippen LogP contribution is -2.25. The smallest absolute Gasteiger partial charge is 0.257 e. The summed E-state index contributed by atoms with van der Waals surface area (Å²) in [4.78, 5) is 19.3. The lowest BCUT2D eigenvalue weighted by Gasteiger charge is -2.23. The molecule has 6 heteroatoms. The van der Waals surface area contributed by atoms with Crippen LogP contribution in [0, 0.1) is 0 Å². The Labute approximate surface area is 162 Å². The third-order valence-electron chi connectivity index (χ3n) is 5.09. The Hall–Kier alpha value is -3.54. The number of rotatable bonds is 3. The number of pyridine rings is 1. The summed E-state index contributed by atoms with van der Waals surface area (Å²) in [5, 5.41) is 2.87. The number of benzene rings is 2. The van der Waals surface area contributed by atoms with Gasteiger partial charge in [0, 0.05) is 29.7 Å². The van der Waals surface area contributed by atoms with E-state index in [0.717, 1.165) is 12.2 Å². The standard InChI is InChI=1S/C22H19N3O3/c1-14-10-15-4-2-3-5-18(15)25(14)21-9-6-16(12-23-21)22(26)24-17-7-8-19-20(11-17)28-13-27-19/h2-9,11-12,14H,10,13H2,1H3,(H,24,26). The highest BCUT2D eigenvalue weighted by Gasteiger charge is 2.27. The van der Waals surface area contributed by atoms with E-state index in [9.17, 15) is 4.79 Å². The van der Waals surface area contributed by atoms with Crippen molar-refractivity contribution in [3.8, 4) is 11.5 Å². The van der Waals surface area contributed by atoms with E-state index in [1.165, 1.54) is 11.3 Å². The average molecular weight is 373 g/mol. The number of aromatic nitrogens is 1. The summed E-state index contributed by atoms with van der Waals surface area (Å²) in [6.45, 7) is 2.39. The summed E-state index contributed by atoms with van der Waals surface area (Å²) in [6.07, 6.45) is 2.61. The first kappa shape index (κ1) is 16.6. The number of fused-ring (bicyclic) bond motifs is 2. The minimum atomic E-state index is -0.215. The predicted octanol–water partition coefficient (Wildman–Crippen LogP) is 4.15. The maximum atomic E-state index is 12.6. The second kappa shape index (κ2) is 6.56. The molecule has 0 aliphatic carbocycles. The molecule has 2 aliphatic rings. The molecule has 28 heavy (non-hydrogen) atoms. The number of nitrogens with zero attached hydrogens (tertiary/aromatic N) is 2. The summed E-state index contributed by atoms with van der Waals surface area (Å²) in [5.41, 5.74) is 3.66. The van der Waals surface area contributed by atoms with Crippen LogP contribution < -0.4 is 19.7 Å². The van der Waals surface area contributed by atoms with Crippen LogP contribution in [0.4, 0.5) is 17.2 Å². The molecule has 0 saturated heterocycles. The molecular formula is C22H19N3O3. The highest BCUT2D eigenvalue weighted by molar-refractivity contribution is 6.04. The SMILES string of the molecule is CC1Cc2ccccc2N1c1ccc(C(=O)Nc2ccc3c(c2)OCO3)cn1. The van der Waals surface area contributed by atoms with Gasteiger partial charge < -0.3 is 19.7 Å². The molecule has 0 radical (unpaired) electrons. The van der Waals surface area contributed by atoms with Crippen LogP contribution in [0.3, 0.4) is 0 Å². The monoisotopic (exact) mass is 373 g/mol. The number of carbonyl (C=O) groups excluding carboxylic acids is 1. The molecule has 3 heterocycles. The van der Waals surface area contributed by atoms with Gasteiger partial charge in [0.05, 0.1) is 5.56 Å². The molecule has 0 fully saturated rings. The van der Waals surface area contributed by atoms with Crippen LogP contribution >= 0.6 is 0 Å². The zero-order chi connectivity index (χ0) is 19.1. The molecule has 1 atom stereocenters. The number of hydrogen-bond acceptors (Lipinski definition) is 5. The molecule has 1 unspecified atom stereocenters. The summed E-state index contributed by atoms with van der Waals surface area (Å²) >= 11 is 0. The van der Waals surface area contributed by atoms with Gasteiger partial charge in [0.2, 0.25) is 6.79 Å². The van der Waals surface area contributed by atoms with Crippen LogP contribution in [-0.2, 0) is 6.42 Å². The average Bonchev–Trinajstić information content (AvgIpc) is 3.31. The van der Waals surface area contributed by atoms with Gasteiger partial charge in [-0.15, -0.1) is 0 Å². The summed E-state index contributed by atoms with van der Waals surface area (Å²) in [7, 11) is 0.